The topological polar surface area (TPSA) is 84.2 Å². The Balaban J connectivity index is 2.75. The second-order valence-electron chi connectivity index (χ2n) is 9.34. The molecule has 1 heterocycles. The van der Waals surface area contributed by atoms with Crippen LogP contribution in [0.15, 0.2) is 60.7 Å². The van der Waals surface area contributed by atoms with Crippen LogP contribution in [0.1, 0.15) is 50.9 Å². The van der Waals surface area contributed by atoms with Gasteiger partial charge in [-0.1, -0.05) is 63.1 Å². The van der Waals surface area contributed by atoms with Gasteiger partial charge in [-0.3, -0.25) is 0 Å². The lowest BCUT2D eigenvalue weighted by molar-refractivity contribution is -0.864. The Kier molecular flexibility index (Phi) is 9.02. The summed E-state index contributed by atoms with van der Waals surface area (Å²) in [6.07, 6.45) is -1.81. The number of sulfonamides is 2. The van der Waals surface area contributed by atoms with Gasteiger partial charge >= 0.3 is 31.1 Å². The maximum Gasteiger partial charge on any atom is 0.512 e. The molecule has 0 atom stereocenters. The molecule has 0 bridgehead atoms. The maximum atomic E-state index is 14.2. The summed E-state index contributed by atoms with van der Waals surface area (Å²) in [5, 5.41) is 0. The minimum absolute atomic E-state index is 0.183. The highest BCUT2D eigenvalue weighted by molar-refractivity contribution is 8.04. The third-order valence-corrected chi connectivity index (χ3v) is 10.5. The SMILES string of the molecule is CCCC(CCC)(N(S(=O)(=O)C(F)(F)F)S(=O)(=O)C(F)(F)F)n1[n+](-c2ccccc2)c(C)c(C)[n+]1-c1ccccc1. The van der Waals surface area contributed by atoms with Crippen molar-refractivity contribution in [3.05, 3.63) is 72.1 Å². The average molecular weight is 629 g/mol. The zero-order valence-corrected chi connectivity index (χ0v) is 24.2. The summed E-state index contributed by atoms with van der Waals surface area (Å²) in [5.41, 5.74) is -14.6. The second kappa shape index (κ2) is 11.4. The quantitative estimate of drug-likeness (QED) is 0.236. The molecule has 0 saturated heterocycles. The second-order valence-corrected chi connectivity index (χ2v) is 13.1. The molecule has 3 rings (SSSR count). The molecule has 1 aromatic heterocycles. The van der Waals surface area contributed by atoms with Crippen LogP contribution in [-0.4, -0.2) is 36.4 Å². The smallest absolute Gasteiger partial charge is 0.201 e. The van der Waals surface area contributed by atoms with Gasteiger partial charge in [-0.05, 0) is 25.9 Å². The molecular weight excluding hydrogens is 598 g/mol. The third-order valence-electron chi connectivity index (χ3n) is 6.57. The number of alkyl halides is 6. The van der Waals surface area contributed by atoms with E-state index in [0.717, 1.165) is 4.80 Å². The summed E-state index contributed by atoms with van der Waals surface area (Å²) in [4.78, 5) is 0.905. The Bertz CT molecular complexity index is 1480. The molecule has 2 aromatic carbocycles. The molecule has 8 nitrogen and oxygen atoms in total. The molecule has 16 heteroatoms. The highest BCUT2D eigenvalue weighted by Crippen LogP contribution is 2.45. The van der Waals surface area contributed by atoms with Crippen molar-refractivity contribution in [2.24, 2.45) is 0 Å². The molecule has 0 unspecified atom stereocenters. The first kappa shape index (κ1) is 32.5. The van der Waals surface area contributed by atoms with Gasteiger partial charge in [0, 0.05) is 38.1 Å². The lowest BCUT2D eigenvalue weighted by atomic mass is 10.00. The molecule has 0 amide bonds. The van der Waals surface area contributed by atoms with Crippen molar-refractivity contribution in [2.45, 2.75) is 70.1 Å². The van der Waals surface area contributed by atoms with Crippen LogP contribution >= 0.6 is 0 Å². The van der Waals surface area contributed by atoms with Gasteiger partial charge in [-0.15, -0.1) is 0 Å². The first-order valence-electron chi connectivity index (χ1n) is 12.5. The molecule has 0 spiro atoms. The Hall–Kier alpha value is -2.98. The zero-order valence-electron chi connectivity index (χ0n) is 22.6. The normalized spacial score (nSPS) is 13.6. The average Bonchev–Trinajstić information content (AvgIpc) is 3.14. The molecule has 0 aliphatic rings. The van der Waals surface area contributed by atoms with Crippen molar-refractivity contribution in [1.29, 1.82) is 0 Å². The van der Waals surface area contributed by atoms with Gasteiger partial charge in [0.2, 0.25) is 17.0 Å². The Morgan fingerprint density at radius 1 is 0.659 bits per heavy atom. The maximum absolute atomic E-state index is 14.2. The summed E-state index contributed by atoms with van der Waals surface area (Å²) in [7, 11) is -14.3. The fourth-order valence-corrected chi connectivity index (χ4v) is 8.27. The first-order valence-corrected chi connectivity index (χ1v) is 15.4. The number of para-hydroxylation sites is 2. The fourth-order valence-electron chi connectivity index (χ4n) is 4.94. The molecule has 226 valence electrons. The number of benzene rings is 2. The summed E-state index contributed by atoms with van der Waals surface area (Å²) < 4.78 is 139. The molecule has 0 N–H and O–H groups in total. The molecule has 3 aromatic rings. The van der Waals surface area contributed by atoms with E-state index in [4.69, 9.17) is 0 Å². The van der Waals surface area contributed by atoms with Crippen LogP contribution in [0, 0.1) is 13.8 Å². The van der Waals surface area contributed by atoms with Crippen LogP contribution in [-0.2, 0) is 25.7 Å². The highest BCUT2D eigenvalue weighted by atomic mass is 32.3. The Morgan fingerprint density at radius 2 is 0.976 bits per heavy atom. The summed E-state index contributed by atoms with van der Waals surface area (Å²) in [6.45, 7) is 5.90. The van der Waals surface area contributed by atoms with E-state index in [1.54, 1.807) is 50.2 Å². The summed E-state index contributed by atoms with van der Waals surface area (Å²) in [5.74, 6) is 0. The van der Waals surface area contributed by atoms with Crippen LogP contribution in [0.5, 0.6) is 0 Å². The molecule has 0 saturated carbocycles. The van der Waals surface area contributed by atoms with Crippen molar-refractivity contribution < 1.29 is 52.5 Å². The largest absolute Gasteiger partial charge is 0.512 e. The van der Waals surface area contributed by atoms with E-state index < -0.39 is 53.3 Å². The summed E-state index contributed by atoms with van der Waals surface area (Å²) in [6, 6.07) is 15.6. The number of nitrogens with zero attached hydrogens (tertiary/aromatic N) is 4. The van der Waals surface area contributed by atoms with E-state index in [1.165, 1.54) is 47.5 Å². The molecule has 0 fully saturated rings. The van der Waals surface area contributed by atoms with Crippen molar-refractivity contribution in [2.75, 3.05) is 0 Å². The standard InChI is InChI=1S/C25H30F6N4O4S2/c1-5-17-23(18-6-2,35(40(36,37)24(26,27)28)41(38,39)25(29,30)31)34-32(21-13-9-7-10-14-21)19(3)20(4)33(34)22-15-11-8-12-16-22/h7-16H,5-6,17-18H2,1-4H3/q+2. The van der Waals surface area contributed by atoms with Gasteiger partial charge in [-0.2, -0.15) is 26.3 Å². The number of hydrogen-bond acceptors (Lipinski definition) is 4. The van der Waals surface area contributed by atoms with E-state index >= 15 is 0 Å². The van der Waals surface area contributed by atoms with Crippen LogP contribution in [0.2, 0.25) is 0 Å². The van der Waals surface area contributed by atoms with E-state index in [0.29, 0.717) is 11.4 Å². The monoisotopic (exact) mass is 628 g/mol. The fraction of sp³-hybridized carbons (Fsp3) is 0.440. The van der Waals surface area contributed by atoms with E-state index in [2.05, 4.69) is 0 Å². The molecule has 0 aliphatic carbocycles. The number of hydrogen-bond donors (Lipinski definition) is 0. The van der Waals surface area contributed by atoms with Crippen LogP contribution in [0.25, 0.3) is 11.4 Å². The van der Waals surface area contributed by atoms with Gasteiger partial charge in [0.15, 0.2) is 0 Å². The third kappa shape index (κ3) is 5.48. The van der Waals surface area contributed by atoms with Crippen LogP contribution in [0.3, 0.4) is 0 Å². The number of aromatic nitrogens is 3. The minimum Gasteiger partial charge on any atom is -0.201 e. The van der Waals surface area contributed by atoms with E-state index in [-0.39, 0.29) is 24.2 Å². The van der Waals surface area contributed by atoms with Crippen molar-refractivity contribution in [3.63, 3.8) is 0 Å². The van der Waals surface area contributed by atoms with Gasteiger partial charge in [-0.25, -0.2) is 16.8 Å². The molecule has 0 radical (unpaired) electrons. The Labute approximate surface area is 234 Å². The molecule has 0 aliphatic heterocycles. The van der Waals surface area contributed by atoms with Crippen molar-refractivity contribution >= 4 is 20.0 Å². The number of halogens is 6. The zero-order chi connectivity index (χ0) is 31.0. The minimum atomic E-state index is -7.15. The van der Waals surface area contributed by atoms with Gasteiger partial charge < -0.3 is 0 Å². The Morgan fingerprint density at radius 3 is 1.24 bits per heavy atom. The van der Waals surface area contributed by atoms with Crippen LogP contribution < -0.4 is 9.36 Å². The van der Waals surface area contributed by atoms with E-state index in [1.807, 2.05) is 0 Å². The van der Waals surface area contributed by atoms with Crippen molar-refractivity contribution in [3.8, 4) is 11.4 Å². The summed E-state index contributed by atoms with van der Waals surface area (Å²) >= 11 is 0. The first-order chi connectivity index (χ1) is 18.9. The lowest BCUT2D eigenvalue weighted by Gasteiger charge is -2.38. The van der Waals surface area contributed by atoms with Gasteiger partial charge in [0.25, 0.3) is 11.4 Å². The van der Waals surface area contributed by atoms with E-state index in [9.17, 15) is 43.2 Å². The highest BCUT2D eigenvalue weighted by Gasteiger charge is 2.71. The predicted molar refractivity (Wildman–Crippen MR) is 137 cm³/mol. The number of rotatable bonds is 10. The van der Waals surface area contributed by atoms with Gasteiger partial charge in [0.05, 0.1) is 4.80 Å². The van der Waals surface area contributed by atoms with Gasteiger partial charge in [0.1, 0.15) is 0 Å². The molecular formula is C25H30F6N4O4S2+2. The molecule has 41 heavy (non-hydrogen) atoms. The van der Waals surface area contributed by atoms with Crippen LogP contribution in [0.4, 0.5) is 26.3 Å². The van der Waals surface area contributed by atoms with Crippen molar-refractivity contribution in [1.82, 2.24) is 8.51 Å². The lowest BCUT2D eigenvalue weighted by Crippen LogP contribution is -2.71. The predicted octanol–water partition coefficient (Wildman–Crippen LogP) is 4.91.